The third-order valence-corrected chi connectivity index (χ3v) is 3.01. The molecule has 1 saturated heterocycles. The second-order valence-corrected chi connectivity index (χ2v) is 4.26. The van der Waals surface area contributed by atoms with Crippen LogP contribution in [0.1, 0.15) is 33.1 Å². The number of carbonyl (C=O) groups is 1. The van der Waals surface area contributed by atoms with Crippen LogP contribution in [0.3, 0.4) is 0 Å². The van der Waals surface area contributed by atoms with Crippen molar-refractivity contribution >= 4 is 5.91 Å². The second kappa shape index (κ2) is 6.08. The topological polar surface area (TPSA) is 64.4 Å². The zero-order valence-electron chi connectivity index (χ0n) is 9.66. The molecule has 0 radical (unpaired) electrons. The molecule has 88 valence electrons. The Balaban J connectivity index is 2.21. The van der Waals surface area contributed by atoms with Gasteiger partial charge in [0, 0.05) is 19.1 Å². The fraction of sp³-hybridized carbons (Fsp3) is 0.909. The lowest BCUT2D eigenvalue weighted by Gasteiger charge is -2.16. The highest BCUT2D eigenvalue weighted by molar-refractivity contribution is 5.81. The molecular formula is C11H22N2O2. The summed E-state index contributed by atoms with van der Waals surface area (Å²) in [6, 6.07) is -0.354. The highest BCUT2D eigenvalue weighted by Gasteiger charge is 2.25. The fourth-order valence-corrected chi connectivity index (χ4v) is 1.85. The molecule has 0 aromatic heterocycles. The summed E-state index contributed by atoms with van der Waals surface area (Å²) in [5.74, 6) is 0.415. The summed E-state index contributed by atoms with van der Waals surface area (Å²) in [6.45, 7) is 5.58. The Hall–Kier alpha value is -0.610. The predicted molar refractivity (Wildman–Crippen MR) is 59.4 cm³/mol. The van der Waals surface area contributed by atoms with Gasteiger partial charge in [-0.1, -0.05) is 13.3 Å². The van der Waals surface area contributed by atoms with Gasteiger partial charge in [0.05, 0.1) is 12.1 Å². The fourth-order valence-electron chi connectivity index (χ4n) is 1.85. The maximum Gasteiger partial charge on any atom is 0.236 e. The highest BCUT2D eigenvalue weighted by atomic mass is 16.5. The molecule has 0 spiro atoms. The van der Waals surface area contributed by atoms with E-state index in [1.54, 1.807) is 0 Å². The molecule has 0 aromatic rings. The van der Waals surface area contributed by atoms with E-state index in [2.05, 4.69) is 12.2 Å². The lowest BCUT2D eigenvalue weighted by Crippen LogP contribution is -2.43. The molecule has 4 heteroatoms. The first-order valence-corrected chi connectivity index (χ1v) is 5.80. The van der Waals surface area contributed by atoms with Gasteiger partial charge >= 0.3 is 0 Å². The zero-order valence-corrected chi connectivity index (χ0v) is 9.66. The third kappa shape index (κ3) is 3.80. The van der Waals surface area contributed by atoms with Crippen LogP contribution in [0, 0.1) is 5.92 Å². The van der Waals surface area contributed by atoms with Crippen LogP contribution in [0.4, 0.5) is 0 Å². The summed E-state index contributed by atoms with van der Waals surface area (Å²) in [7, 11) is 0. The van der Waals surface area contributed by atoms with Crippen molar-refractivity contribution in [1.29, 1.82) is 0 Å². The molecule has 1 heterocycles. The first-order chi connectivity index (χ1) is 7.15. The molecule has 2 unspecified atom stereocenters. The Kier molecular flexibility index (Phi) is 5.05. The molecule has 0 aromatic carbocycles. The molecule has 1 amide bonds. The van der Waals surface area contributed by atoms with Crippen LogP contribution < -0.4 is 11.1 Å². The first-order valence-electron chi connectivity index (χ1n) is 5.80. The average molecular weight is 214 g/mol. The smallest absolute Gasteiger partial charge is 0.236 e. The molecule has 3 atom stereocenters. The van der Waals surface area contributed by atoms with Gasteiger partial charge in [0.15, 0.2) is 0 Å². The van der Waals surface area contributed by atoms with Crippen molar-refractivity contribution in [3.8, 4) is 0 Å². The Morgan fingerprint density at radius 1 is 1.67 bits per heavy atom. The van der Waals surface area contributed by atoms with Gasteiger partial charge in [0.1, 0.15) is 0 Å². The average Bonchev–Trinajstić information content (AvgIpc) is 2.61. The molecule has 1 aliphatic heterocycles. The van der Waals surface area contributed by atoms with Crippen LogP contribution in [-0.2, 0) is 9.53 Å². The van der Waals surface area contributed by atoms with E-state index in [0.717, 1.165) is 25.9 Å². The van der Waals surface area contributed by atoms with Crippen molar-refractivity contribution in [2.24, 2.45) is 11.7 Å². The summed E-state index contributed by atoms with van der Waals surface area (Å²) >= 11 is 0. The Morgan fingerprint density at radius 3 is 2.93 bits per heavy atom. The molecule has 0 bridgehead atoms. The van der Waals surface area contributed by atoms with Crippen LogP contribution in [0.5, 0.6) is 0 Å². The van der Waals surface area contributed by atoms with E-state index < -0.39 is 0 Å². The van der Waals surface area contributed by atoms with E-state index >= 15 is 0 Å². The predicted octanol–water partition coefficient (Wildman–Crippen LogP) is 0.655. The van der Waals surface area contributed by atoms with Gasteiger partial charge in [-0.2, -0.15) is 0 Å². The van der Waals surface area contributed by atoms with Crippen molar-refractivity contribution in [3.05, 3.63) is 0 Å². The minimum atomic E-state index is -0.354. The van der Waals surface area contributed by atoms with Crippen LogP contribution in [-0.4, -0.2) is 31.2 Å². The normalized spacial score (nSPS) is 27.7. The highest BCUT2D eigenvalue weighted by Crippen LogP contribution is 2.19. The molecular weight excluding hydrogens is 192 g/mol. The summed E-state index contributed by atoms with van der Waals surface area (Å²) in [4.78, 5) is 11.5. The maximum absolute atomic E-state index is 11.5. The minimum absolute atomic E-state index is 0.0315. The van der Waals surface area contributed by atoms with Crippen molar-refractivity contribution < 1.29 is 9.53 Å². The number of hydrogen-bond acceptors (Lipinski definition) is 3. The quantitative estimate of drug-likeness (QED) is 0.706. The van der Waals surface area contributed by atoms with Crippen LogP contribution in [0.2, 0.25) is 0 Å². The first kappa shape index (κ1) is 12.5. The molecule has 1 rings (SSSR count). The van der Waals surface area contributed by atoms with Gasteiger partial charge in [-0.05, 0) is 19.8 Å². The van der Waals surface area contributed by atoms with Crippen LogP contribution >= 0.6 is 0 Å². The molecule has 4 nitrogen and oxygen atoms in total. The summed E-state index contributed by atoms with van der Waals surface area (Å²) in [5, 5.41) is 2.90. The van der Waals surface area contributed by atoms with Crippen molar-refractivity contribution in [2.45, 2.75) is 45.3 Å². The van der Waals surface area contributed by atoms with Gasteiger partial charge in [-0.25, -0.2) is 0 Å². The van der Waals surface area contributed by atoms with Gasteiger partial charge in [-0.3, -0.25) is 4.79 Å². The molecule has 1 aliphatic rings. The molecule has 1 fully saturated rings. The van der Waals surface area contributed by atoms with E-state index in [-0.39, 0.29) is 18.1 Å². The summed E-state index contributed by atoms with van der Waals surface area (Å²) in [6.07, 6.45) is 2.98. The molecule has 0 aliphatic carbocycles. The SMILES string of the molecule is CCC[C@H](N)C(=O)NCC1CCOC1C. The van der Waals surface area contributed by atoms with Gasteiger partial charge in [0.2, 0.25) is 5.91 Å². The van der Waals surface area contributed by atoms with Gasteiger partial charge in [0.25, 0.3) is 0 Å². The Bertz CT molecular complexity index is 209. The van der Waals surface area contributed by atoms with Crippen molar-refractivity contribution in [1.82, 2.24) is 5.32 Å². The number of amides is 1. The number of rotatable bonds is 5. The van der Waals surface area contributed by atoms with Crippen LogP contribution in [0.25, 0.3) is 0 Å². The number of nitrogens with one attached hydrogen (secondary N) is 1. The monoisotopic (exact) mass is 214 g/mol. The van der Waals surface area contributed by atoms with E-state index in [9.17, 15) is 4.79 Å². The lowest BCUT2D eigenvalue weighted by molar-refractivity contribution is -0.122. The van der Waals surface area contributed by atoms with E-state index in [4.69, 9.17) is 10.5 Å². The minimum Gasteiger partial charge on any atom is -0.378 e. The third-order valence-electron chi connectivity index (χ3n) is 3.01. The molecule has 15 heavy (non-hydrogen) atoms. The second-order valence-electron chi connectivity index (χ2n) is 4.26. The maximum atomic E-state index is 11.5. The zero-order chi connectivity index (χ0) is 11.3. The lowest BCUT2D eigenvalue weighted by atomic mass is 10.0. The number of hydrogen-bond donors (Lipinski definition) is 2. The summed E-state index contributed by atoms with van der Waals surface area (Å²) < 4.78 is 5.42. The standard InChI is InChI=1S/C11H22N2O2/c1-3-4-10(12)11(14)13-7-9-5-6-15-8(9)2/h8-10H,3-7,12H2,1-2H3,(H,13,14)/t8?,9?,10-/m0/s1. The number of carbonyl (C=O) groups excluding carboxylic acids is 1. The van der Waals surface area contributed by atoms with Crippen molar-refractivity contribution in [2.75, 3.05) is 13.2 Å². The molecule has 0 saturated carbocycles. The summed E-state index contributed by atoms with van der Waals surface area (Å²) in [5.41, 5.74) is 5.70. The molecule has 3 N–H and O–H groups in total. The van der Waals surface area contributed by atoms with Gasteiger partial charge < -0.3 is 15.8 Å². The van der Waals surface area contributed by atoms with Crippen LogP contribution in [0.15, 0.2) is 0 Å². The van der Waals surface area contributed by atoms with E-state index in [1.165, 1.54) is 0 Å². The Morgan fingerprint density at radius 2 is 2.40 bits per heavy atom. The largest absolute Gasteiger partial charge is 0.378 e. The Labute approximate surface area is 91.5 Å². The number of ether oxygens (including phenoxy) is 1. The van der Waals surface area contributed by atoms with Crippen molar-refractivity contribution in [3.63, 3.8) is 0 Å². The number of nitrogens with two attached hydrogens (primary N) is 1. The van der Waals surface area contributed by atoms with Gasteiger partial charge in [-0.15, -0.1) is 0 Å². The van der Waals surface area contributed by atoms with E-state index in [0.29, 0.717) is 12.5 Å². The van der Waals surface area contributed by atoms with E-state index in [1.807, 2.05) is 6.92 Å².